The molecule has 0 aliphatic carbocycles. The molecule has 1 aliphatic heterocycles. The Kier molecular flexibility index (Phi) is 5.99. The second-order valence-corrected chi connectivity index (χ2v) is 5.53. The normalized spacial score (nSPS) is 24.3. The third kappa shape index (κ3) is 3.86. The maximum Gasteiger partial charge on any atom is 0.407 e. The van der Waals surface area contributed by atoms with Crippen LogP contribution in [0.4, 0.5) is 4.79 Å². The topological polar surface area (TPSA) is 95.9 Å². The van der Waals surface area contributed by atoms with Crippen LogP contribution in [0.15, 0.2) is 0 Å². The number of carbonyl (C=O) groups is 3. The maximum absolute atomic E-state index is 12.7. The van der Waals surface area contributed by atoms with Gasteiger partial charge in [-0.25, -0.2) is 9.59 Å². The molecule has 4 atom stereocenters. The van der Waals surface area contributed by atoms with Gasteiger partial charge < -0.3 is 20.1 Å². The van der Waals surface area contributed by atoms with Crippen molar-refractivity contribution in [2.45, 2.75) is 58.2 Å². The van der Waals surface area contributed by atoms with Crippen molar-refractivity contribution in [1.29, 1.82) is 0 Å². The Hall–Kier alpha value is -1.79. The molecule has 0 spiro atoms. The molecule has 120 valence electrons. The van der Waals surface area contributed by atoms with Crippen molar-refractivity contribution in [1.82, 2.24) is 10.2 Å². The van der Waals surface area contributed by atoms with Crippen LogP contribution in [0, 0.1) is 5.92 Å². The summed E-state index contributed by atoms with van der Waals surface area (Å²) in [7, 11) is 1.23. The smallest absolute Gasteiger partial charge is 0.407 e. The first-order valence-corrected chi connectivity index (χ1v) is 7.22. The standard InChI is InChI=1S/C14H24N2O5/c1-5-8(2)11(15-14(20)21-4)12(17)16-9(3)6-7-10(16)13(18)19/h8-11H,5-7H2,1-4H3,(H,15,20)(H,18,19)/t8-,9?,10?,11-/m0/s1. The molecule has 2 amide bonds. The van der Waals surface area contributed by atoms with Gasteiger partial charge in [-0.15, -0.1) is 0 Å². The molecule has 21 heavy (non-hydrogen) atoms. The van der Waals surface area contributed by atoms with Crippen molar-refractivity contribution in [2.24, 2.45) is 5.92 Å². The molecular formula is C14H24N2O5. The van der Waals surface area contributed by atoms with E-state index in [-0.39, 0.29) is 17.9 Å². The number of amides is 2. The lowest BCUT2D eigenvalue weighted by Crippen LogP contribution is -2.55. The van der Waals surface area contributed by atoms with Crippen LogP contribution in [-0.4, -0.2) is 53.2 Å². The zero-order chi connectivity index (χ0) is 16.2. The molecule has 2 unspecified atom stereocenters. The van der Waals surface area contributed by atoms with E-state index in [1.165, 1.54) is 12.0 Å². The van der Waals surface area contributed by atoms with Crippen molar-refractivity contribution in [3.63, 3.8) is 0 Å². The molecule has 0 bridgehead atoms. The molecule has 0 radical (unpaired) electrons. The number of carbonyl (C=O) groups excluding carboxylic acids is 2. The lowest BCUT2D eigenvalue weighted by molar-refractivity contribution is -0.150. The summed E-state index contributed by atoms with van der Waals surface area (Å²) < 4.78 is 4.55. The summed E-state index contributed by atoms with van der Waals surface area (Å²) in [5.41, 5.74) is 0. The fourth-order valence-corrected chi connectivity index (χ4v) is 2.63. The van der Waals surface area contributed by atoms with Crippen LogP contribution in [0.5, 0.6) is 0 Å². The van der Waals surface area contributed by atoms with E-state index in [1.807, 2.05) is 20.8 Å². The number of carboxylic acid groups (broad SMARTS) is 1. The largest absolute Gasteiger partial charge is 0.480 e. The average Bonchev–Trinajstić information content (AvgIpc) is 2.84. The van der Waals surface area contributed by atoms with Gasteiger partial charge in [-0.05, 0) is 25.7 Å². The number of rotatable bonds is 5. The highest BCUT2D eigenvalue weighted by atomic mass is 16.5. The SMILES string of the molecule is CC[C@H](C)[C@H](NC(=O)OC)C(=O)N1C(C)CCC1C(=O)O. The van der Waals surface area contributed by atoms with E-state index in [0.29, 0.717) is 19.3 Å². The summed E-state index contributed by atoms with van der Waals surface area (Å²) in [5, 5.41) is 11.8. The second kappa shape index (κ2) is 7.28. The molecular weight excluding hydrogens is 276 g/mol. The number of hydrogen-bond acceptors (Lipinski definition) is 4. The van der Waals surface area contributed by atoms with Crippen LogP contribution in [0.2, 0.25) is 0 Å². The van der Waals surface area contributed by atoms with E-state index in [9.17, 15) is 19.5 Å². The zero-order valence-corrected chi connectivity index (χ0v) is 13.0. The minimum atomic E-state index is -1.01. The highest BCUT2D eigenvalue weighted by Gasteiger charge is 2.42. The Morgan fingerprint density at radius 1 is 1.38 bits per heavy atom. The van der Waals surface area contributed by atoms with Gasteiger partial charge in [-0.3, -0.25) is 4.79 Å². The highest BCUT2D eigenvalue weighted by Crippen LogP contribution is 2.26. The summed E-state index contributed by atoms with van der Waals surface area (Å²) in [5.74, 6) is -1.47. The molecule has 1 fully saturated rings. The number of nitrogens with zero attached hydrogens (tertiary/aromatic N) is 1. The number of nitrogens with one attached hydrogen (secondary N) is 1. The number of hydrogen-bond donors (Lipinski definition) is 2. The van der Waals surface area contributed by atoms with E-state index >= 15 is 0 Å². The first-order valence-electron chi connectivity index (χ1n) is 7.22. The average molecular weight is 300 g/mol. The molecule has 1 heterocycles. The lowest BCUT2D eigenvalue weighted by Gasteiger charge is -2.32. The monoisotopic (exact) mass is 300 g/mol. The molecule has 0 saturated carbocycles. The highest BCUT2D eigenvalue weighted by molar-refractivity contribution is 5.90. The predicted octanol–water partition coefficient (Wildman–Crippen LogP) is 1.22. The van der Waals surface area contributed by atoms with Gasteiger partial charge in [0.05, 0.1) is 7.11 Å². The fraction of sp³-hybridized carbons (Fsp3) is 0.786. The first-order chi connectivity index (χ1) is 9.83. The van der Waals surface area contributed by atoms with Gasteiger partial charge in [0.2, 0.25) is 5.91 Å². The summed E-state index contributed by atoms with van der Waals surface area (Å²) in [4.78, 5) is 36.8. The quantitative estimate of drug-likeness (QED) is 0.796. The minimum Gasteiger partial charge on any atom is -0.480 e. The van der Waals surface area contributed by atoms with Crippen LogP contribution in [-0.2, 0) is 14.3 Å². The summed E-state index contributed by atoms with van der Waals surface area (Å²) in [6.45, 7) is 5.58. The van der Waals surface area contributed by atoms with Crippen LogP contribution >= 0.6 is 0 Å². The van der Waals surface area contributed by atoms with E-state index in [2.05, 4.69) is 10.1 Å². The third-order valence-corrected chi connectivity index (χ3v) is 4.15. The molecule has 0 aromatic heterocycles. The van der Waals surface area contributed by atoms with Crippen LogP contribution in [0.25, 0.3) is 0 Å². The number of alkyl carbamates (subject to hydrolysis) is 1. The number of methoxy groups -OCH3 is 1. The van der Waals surface area contributed by atoms with E-state index < -0.39 is 24.1 Å². The fourth-order valence-electron chi connectivity index (χ4n) is 2.63. The molecule has 1 saturated heterocycles. The van der Waals surface area contributed by atoms with Gasteiger partial charge in [0.1, 0.15) is 12.1 Å². The molecule has 0 aromatic carbocycles. The Bertz CT molecular complexity index is 412. The molecule has 7 heteroatoms. The molecule has 1 rings (SSSR count). The van der Waals surface area contributed by atoms with Gasteiger partial charge in [-0.2, -0.15) is 0 Å². The molecule has 1 aliphatic rings. The van der Waals surface area contributed by atoms with Crippen LogP contribution in [0.1, 0.15) is 40.0 Å². The van der Waals surface area contributed by atoms with E-state index in [1.54, 1.807) is 0 Å². The minimum absolute atomic E-state index is 0.112. The van der Waals surface area contributed by atoms with Crippen molar-refractivity contribution in [3.05, 3.63) is 0 Å². The van der Waals surface area contributed by atoms with Crippen molar-refractivity contribution < 1.29 is 24.2 Å². The summed E-state index contributed by atoms with van der Waals surface area (Å²) in [6.07, 6.45) is 1.08. The second-order valence-electron chi connectivity index (χ2n) is 5.53. The Morgan fingerprint density at radius 3 is 2.48 bits per heavy atom. The van der Waals surface area contributed by atoms with Crippen molar-refractivity contribution in [3.8, 4) is 0 Å². The van der Waals surface area contributed by atoms with E-state index in [4.69, 9.17) is 0 Å². The zero-order valence-electron chi connectivity index (χ0n) is 13.0. The number of aliphatic carboxylic acids is 1. The van der Waals surface area contributed by atoms with E-state index in [0.717, 1.165) is 0 Å². The number of ether oxygens (including phenoxy) is 1. The third-order valence-electron chi connectivity index (χ3n) is 4.15. The first kappa shape index (κ1) is 17.3. The van der Waals surface area contributed by atoms with Crippen molar-refractivity contribution in [2.75, 3.05) is 7.11 Å². The maximum atomic E-state index is 12.7. The predicted molar refractivity (Wildman–Crippen MR) is 75.7 cm³/mol. The Labute approximate surface area is 124 Å². The van der Waals surface area contributed by atoms with Gasteiger partial charge in [0, 0.05) is 6.04 Å². The summed E-state index contributed by atoms with van der Waals surface area (Å²) >= 11 is 0. The van der Waals surface area contributed by atoms with Crippen molar-refractivity contribution >= 4 is 18.0 Å². The Morgan fingerprint density at radius 2 is 2.00 bits per heavy atom. The summed E-state index contributed by atoms with van der Waals surface area (Å²) in [6, 6.07) is -1.74. The lowest BCUT2D eigenvalue weighted by atomic mass is 9.97. The number of likely N-dealkylation sites (tertiary alicyclic amines) is 1. The molecule has 0 aromatic rings. The molecule has 7 nitrogen and oxygen atoms in total. The van der Waals surface area contributed by atoms with Gasteiger partial charge in [-0.1, -0.05) is 20.3 Å². The van der Waals surface area contributed by atoms with Crippen LogP contribution in [0.3, 0.4) is 0 Å². The van der Waals surface area contributed by atoms with Gasteiger partial charge >= 0.3 is 12.1 Å². The Balaban J connectivity index is 2.97. The van der Waals surface area contributed by atoms with Gasteiger partial charge in [0.15, 0.2) is 0 Å². The number of carboxylic acids is 1. The van der Waals surface area contributed by atoms with Crippen LogP contribution < -0.4 is 5.32 Å². The molecule has 2 N–H and O–H groups in total. The van der Waals surface area contributed by atoms with Gasteiger partial charge in [0.25, 0.3) is 0 Å².